The number of primary amides is 1. The second-order valence-electron chi connectivity index (χ2n) is 5.80. The Bertz CT molecular complexity index is 521. The molecule has 1 aliphatic heterocycles. The lowest BCUT2D eigenvalue weighted by Gasteiger charge is -2.36. The summed E-state index contributed by atoms with van der Waals surface area (Å²) in [7, 11) is 0. The molecule has 1 aromatic carbocycles. The lowest BCUT2D eigenvalue weighted by molar-refractivity contribution is -0.124. The van der Waals surface area contributed by atoms with Crippen LogP contribution in [-0.2, 0) is 9.59 Å². The molecule has 0 aliphatic carbocycles. The quantitative estimate of drug-likeness (QED) is 0.826. The fourth-order valence-electron chi connectivity index (χ4n) is 2.53. The number of piperazine rings is 1. The lowest BCUT2D eigenvalue weighted by Crippen LogP contribution is -2.54. The molecule has 1 aromatic rings. The zero-order chi connectivity index (χ0) is 16.1. The molecule has 0 unspecified atom stereocenters. The highest BCUT2D eigenvalue weighted by Crippen LogP contribution is 2.10. The predicted molar refractivity (Wildman–Crippen MR) is 86.5 cm³/mol. The Morgan fingerprint density at radius 2 is 1.77 bits per heavy atom. The maximum Gasteiger partial charge on any atom is 0.238 e. The highest BCUT2D eigenvalue weighted by molar-refractivity contribution is 5.92. The van der Waals surface area contributed by atoms with Crippen molar-refractivity contribution in [2.75, 3.05) is 38.0 Å². The Balaban J connectivity index is 1.77. The van der Waals surface area contributed by atoms with Gasteiger partial charge in [0.15, 0.2) is 0 Å². The van der Waals surface area contributed by atoms with E-state index in [2.05, 4.69) is 15.1 Å². The van der Waals surface area contributed by atoms with Gasteiger partial charge in [0.2, 0.25) is 11.8 Å². The second kappa shape index (κ2) is 7.38. The molecule has 0 spiro atoms. The van der Waals surface area contributed by atoms with Gasteiger partial charge in [-0.25, -0.2) is 0 Å². The van der Waals surface area contributed by atoms with E-state index in [1.165, 1.54) is 0 Å². The van der Waals surface area contributed by atoms with E-state index < -0.39 is 0 Å². The average molecular weight is 304 g/mol. The smallest absolute Gasteiger partial charge is 0.238 e. The lowest BCUT2D eigenvalue weighted by atomic mass is 10.2. The van der Waals surface area contributed by atoms with Crippen molar-refractivity contribution in [3.63, 3.8) is 0 Å². The molecule has 22 heavy (non-hydrogen) atoms. The van der Waals surface area contributed by atoms with Crippen LogP contribution in [-0.4, -0.2) is 60.4 Å². The molecule has 120 valence electrons. The summed E-state index contributed by atoms with van der Waals surface area (Å²) in [5.74, 6) is -0.314. The van der Waals surface area contributed by atoms with Crippen molar-refractivity contribution < 1.29 is 9.59 Å². The zero-order valence-electron chi connectivity index (χ0n) is 13.2. The Morgan fingerprint density at radius 1 is 1.18 bits per heavy atom. The number of rotatable bonds is 5. The molecule has 1 saturated heterocycles. The molecule has 0 radical (unpaired) electrons. The maximum absolute atomic E-state index is 12.0. The highest BCUT2D eigenvalue weighted by atomic mass is 16.2. The number of nitrogens with one attached hydrogen (secondary N) is 1. The van der Waals surface area contributed by atoms with Crippen LogP contribution in [0.5, 0.6) is 0 Å². The van der Waals surface area contributed by atoms with Gasteiger partial charge in [-0.2, -0.15) is 0 Å². The predicted octanol–water partition coefficient (Wildman–Crippen LogP) is 0.425. The van der Waals surface area contributed by atoms with Crippen LogP contribution in [0.4, 0.5) is 5.69 Å². The molecular formula is C16H24N4O2. The fourth-order valence-corrected chi connectivity index (χ4v) is 2.53. The number of anilines is 1. The summed E-state index contributed by atoms with van der Waals surface area (Å²) >= 11 is 0. The molecule has 1 heterocycles. The minimum Gasteiger partial charge on any atom is -0.368 e. The topological polar surface area (TPSA) is 78.7 Å². The fraction of sp³-hybridized carbons (Fsp3) is 0.500. The van der Waals surface area contributed by atoms with Gasteiger partial charge in [0.1, 0.15) is 0 Å². The van der Waals surface area contributed by atoms with Gasteiger partial charge in [0, 0.05) is 31.9 Å². The van der Waals surface area contributed by atoms with Crippen LogP contribution >= 0.6 is 0 Å². The SMILES string of the molecule is Cc1ccc(NC(=O)CN2CCN([C@@H](C)C(N)=O)CC2)cc1. The number of nitrogens with two attached hydrogens (primary N) is 1. The van der Waals surface area contributed by atoms with Gasteiger partial charge >= 0.3 is 0 Å². The van der Waals surface area contributed by atoms with Gasteiger partial charge in [0.05, 0.1) is 12.6 Å². The second-order valence-corrected chi connectivity index (χ2v) is 5.80. The normalized spacial score (nSPS) is 17.9. The van der Waals surface area contributed by atoms with Crippen molar-refractivity contribution in [1.29, 1.82) is 0 Å². The van der Waals surface area contributed by atoms with Crippen LogP contribution in [0.2, 0.25) is 0 Å². The number of hydrogen-bond donors (Lipinski definition) is 2. The molecule has 3 N–H and O–H groups in total. The van der Waals surface area contributed by atoms with E-state index in [1.807, 2.05) is 38.1 Å². The average Bonchev–Trinajstić information content (AvgIpc) is 2.49. The summed E-state index contributed by atoms with van der Waals surface area (Å²) in [6, 6.07) is 7.50. The number of aryl methyl sites for hydroxylation is 1. The van der Waals surface area contributed by atoms with Crippen molar-refractivity contribution >= 4 is 17.5 Å². The molecular weight excluding hydrogens is 280 g/mol. The number of nitrogens with zero attached hydrogens (tertiary/aromatic N) is 2. The third-order valence-electron chi connectivity index (χ3n) is 4.07. The Hall–Kier alpha value is -1.92. The Labute approximate surface area is 131 Å². The summed E-state index contributed by atoms with van der Waals surface area (Å²) in [4.78, 5) is 27.4. The molecule has 0 aromatic heterocycles. The molecule has 2 amide bonds. The van der Waals surface area contributed by atoms with Crippen LogP contribution in [0, 0.1) is 6.92 Å². The zero-order valence-corrected chi connectivity index (χ0v) is 13.2. The van der Waals surface area contributed by atoms with Crippen molar-refractivity contribution in [1.82, 2.24) is 9.80 Å². The van der Waals surface area contributed by atoms with E-state index in [1.54, 1.807) is 0 Å². The van der Waals surface area contributed by atoms with Gasteiger partial charge in [-0.1, -0.05) is 17.7 Å². The van der Waals surface area contributed by atoms with Crippen LogP contribution in [0.3, 0.4) is 0 Å². The molecule has 1 atom stereocenters. The standard InChI is InChI=1S/C16H24N4O2/c1-12-3-5-14(6-4-12)18-15(21)11-19-7-9-20(10-8-19)13(2)16(17)22/h3-6,13H,7-11H2,1-2H3,(H2,17,22)(H,18,21)/t13-/m0/s1. The number of hydrogen-bond acceptors (Lipinski definition) is 4. The van der Waals surface area contributed by atoms with Crippen LogP contribution in [0.15, 0.2) is 24.3 Å². The van der Waals surface area contributed by atoms with Gasteiger partial charge in [-0.05, 0) is 26.0 Å². The highest BCUT2D eigenvalue weighted by Gasteiger charge is 2.24. The van der Waals surface area contributed by atoms with Gasteiger partial charge in [-0.3, -0.25) is 19.4 Å². The number of benzene rings is 1. The van der Waals surface area contributed by atoms with Crippen molar-refractivity contribution in [3.05, 3.63) is 29.8 Å². The van der Waals surface area contributed by atoms with Crippen LogP contribution in [0.1, 0.15) is 12.5 Å². The van der Waals surface area contributed by atoms with Crippen molar-refractivity contribution in [2.24, 2.45) is 5.73 Å². The summed E-state index contributed by atoms with van der Waals surface area (Å²) in [5, 5.41) is 2.90. The van der Waals surface area contributed by atoms with E-state index in [0.29, 0.717) is 6.54 Å². The first kappa shape index (κ1) is 16.5. The molecule has 6 nitrogen and oxygen atoms in total. The van der Waals surface area contributed by atoms with Gasteiger partial charge in [-0.15, -0.1) is 0 Å². The summed E-state index contributed by atoms with van der Waals surface area (Å²) in [6.07, 6.45) is 0. The summed E-state index contributed by atoms with van der Waals surface area (Å²) < 4.78 is 0. The van der Waals surface area contributed by atoms with E-state index in [0.717, 1.165) is 37.4 Å². The van der Waals surface area contributed by atoms with E-state index >= 15 is 0 Å². The van der Waals surface area contributed by atoms with E-state index in [-0.39, 0.29) is 17.9 Å². The van der Waals surface area contributed by atoms with Gasteiger partial charge < -0.3 is 11.1 Å². The third kappa shape index (κ3) is 4.54. The Morgan fingerprint density at radius 3 is 2.32 bits per heavy atom. The first-order valence-electron chi connectivity index (χ1n) is 7.58. The van der Waals surface area contributed by atoms with E-state index in [4.69, 9.17) is 5.73 Å². The molecule has 0 saturated carbocycles. The molecule has 1 aliphatic rings. The molecule has 6 heteroatoms. The molecule has 0 bridgehead atoms. The first-order chi connectivity index (χ1) is 10.5. The van der Waals surface area contributed by atoms with Crippen LogP contribution < -0.4 is 11.1 Å². The van der Waals surface area contributed by atoms with Gasteiger partial charge in [0.25, 0.3) is 0 Å². The first-order valence-corrected chi connectivity index (χ1v) is 7.58. The monoisotopic (exact) mass is 304 g/mol. The Kier molecular flexibility index (Phi) is 5.51. The maximum atomic E-state index is 12.0. The summed E-state index contributed by atoms with van der Waals surface area (Å²) in [6.45, 7) is 7.23. The van der Waals surface area contributed by atoms with Crippen LogP contribution in [0.25, 0.3) is 0 Å². The van der Waals surface area contributed by atoms with E-state index in [9.17, 15) is 9.59 Å². The number of carbonyl (C=O) groups excluding carboxylic acids is 2. The van der Waals surface area contributed by atoms with Crippen molar-refractivity contribution in [3.8, 4) is 0 Å². The van der Waals surface area contributed by atoms with Crippen molar-refractivity contribution in [2.45, 2.75) is 19.9 Å². The summed E-state index contributed by atoms with van der Waals surface area (Å²) in [5.41, 5.74) is 7.30. The molecule has 1 fully saturated rings. The number of amides is 2. The third-order valence-corrected chi connectivity index (χ3v) is 4.07. The minimum absolute atomic E-state index is 0.0137. The number of carbonyl (C=O) groups is 2. The minimum atomic E-state index is -0.300. The largest absolute Gasteiger partial charge is 0.368 e. The molecule has 2 rings (SSSR count).